The molecule has 0 bridgehead atoms. The van der Waals surface area contributed by atoms with Crippen LogP contribution in [0.25, 0.3) is 0 Å². The van der Waals surface area contributed by atoms with Crippen molar-refractivity contribution in [2.24, 2.45) is 0 Å². The standard InChI is InChI=1S/C15H8Cl2FNO2/c16-11-5-4-9(18)6-8(11)7-19-13-10(14(20)15(19)21)2-1-3-12(13)17/h1-6H,7H2. The number of ketones is 1. The topological polar surface area (TPSA) is 37.4 Å². The summed E-state index contributed by atoms with van der Waals surface area (Å²) < 4.78 is 13.3. The second-order valence-corrected chi connectivity index (χ2v) is 5.41. The van der Waals surface area contributed by atoms with E-state index in [0.717, 1.165) is 0 Å². The molecule has 6 heteroatoms. The Morgan fingerprint density at radius 2 is 1.81 bits per heavy atom. The normalized spacial score (nSPS) is 13.8. The molecule has 2 aromatic carbocycles. The lowest BCUT2D eigenvalue weighted by molar-refractivity contribution is -0.114. The average Bonchev–Trinajstić information content (AvgIpc) is 2.69. The van der Waals surface area contributed by atoms with Gasteiger partial charge in [-0.05, 0) is 35.9 Å². The van der Waals surface area contributed by atoms with Crippen molar-refractivity contribution in [1.82, 2.24) is 0 Å². The third-order valence-electron chi connectivity index (χ3n) is 3.28. The predicted octanol–water partition coefficient (Wildman–Crippen LogP) is 3.86. The van der Waals surface area contributed by atoms with Crippen LogP contribution in [-0.4, -0.2) is 11.7 Å². The van der Waals surface area contributed by atoms with Gasteiger partial charge in [-0.15, -0.1) is 0 Å². The van der Waals surface area contributed by atoms with Crippen LogP contribution in [0.3, 0.4) is 0 Å². The van der Waals surface area contributed by atoms with Gasteiger partial charge < -0.3 is 0 Å². The molecule has 3 nitrogen and oxygen atoms in total. The van der Waals surface area contributed by atoms with E-state index >= 15 is 0 Å². The molecule has 0 aromatic heterocycles. The van der Waals surface area contributed by atoms with Gasteiger partial charge in [0.15, 0.2) is 0 Å². The Labute approximate surface area is 129 Å². The highest BCUT2D eigenvalue weighted by atomic mass is 35.5. The third-order valence-corrected chi connectivity index (χ3v) is 3.95. The zero-order valence-electron chi connectivity index (χ0n) is 10.6. The van der Waals surface area contributed by atoms with E-state index in [4.69, 9.17) is 23.2 Å². The summed E-state index contributed by atoms with van der Waals surface area (Å²) in [6, 6.07) is 8.59. The summed E-state index contributed by atoms with van der Waals surface area (Å²) in [6.45, 7) is -0.0160. The van der Waals surface area contributed by atoms with E-state index in [1.807, 2.05) is 0 Å². The fourth-order valence-corrected chi connectivity index (χ4v) is 2.75. The van der Waals surface area contributed by atoms with Crippen molar-refractivity contribution < 1.29 is 14.0 Å². The van der Waals surface area contributed by atoms with Crippen molar-refractivity contribution >= 4 is 40.6 Å². The monoisotopic (exact) mass is 323 g/mol. The Morgan fingerprint density at radius 1 is 1.05 bits per heavy atom. The molecule has 0 atom stereocenters. The molecule has 1 aliphatic heterocycles. The van der Waals surface area contributed by atoms with Gasteiger partial charge in [-0.1, -0.05) is 29.3 Å². The van der Waals surface area contributed by atoms with E-state index < -0.39 is 17.5 Å². The number of carbonyl (C=O) groups excluding carboxylic acids is 2. The number of para-hydroxylation sites is 1. The summed E-state index contributed by atoms with van der Waals surface area (Å²) in [5, 5.41) is 0.608. The number of anilines is 1. The number of rotatable bonds is 2. The minimum absolute atomic E-state index is 0.0160. The van der Waals surface area contributed by atoms with Gasteiger partial charge in [0.05, 0.1) is 22.8 Å². The lowest BCUT2D eigenvalue weighted by Gasteiger charge is -2.18. The molecular formula is C15H8Cl2FNO2. The molecule has 2 aromatic rings. The molecule has 106 valence electrons. The highest BCUT2D eigenvalue weighted by molar-refractivity contribution is 6.54. The number of carbonyl (C=O) groups is 2. The van der Waals surface area contributed by atoms with Gasteiger partial charge in [-0.25, -0.2) is 4.39 Å². The van der Waals surface area contributed by atoms with Crippen LogP contribution in [0.2, 0.25) is 10.0 Å². The zero-order valence-corrected chi connectivity index (χ0v) is 12.1. The molecule has 1 aliphatic rings. The molecule has 0 saturated heterocycles. The molecule has 0 unspecified atom stereocenters. The van der Waals surface area contributed by atoms with E-state index in [-0.39, 0.29) is 12.1 Å². The van der Waals surface area contributed by atoms with Crippen LogP contribution in [0.1, 0.15) is 15.9 Å². The quantitative estimate of drug-likeness (QED) is 0.787. The number of halogens is 3. The summed E-state index contributed by atoms with van der Waals surface area (Å²) in [6.07, 6.45) is 0. The first-order chi connectivity index (χ1) is 9.99. The Hall–Kier alpha value is -1.91. The van der Waals surface area contributed by atoms with E-state index in [1.54, 1.807) is 12.1 Å². The Balaban J connectivity index is 2.06. The van der Waals surface area contributed by atoms with Gasteiger partial charge in [0.1, 0.15) is 5.82 Å². The SMILES string of the molecule is O=C1C(=O)N(Cc2cc(F)ccc2Cl)c2c(Cl)cccc21. The smallest absolute Gasteiger partial charge is 0.299 e. The molecule has 0 spiro atoms. The second-order valence-electron chi connectivity index (χ2n) is 4.59. The van der Waals surface area contributed by atoms with Crippen LogP contribution in [0.5, 0.6) is 0 Å². The molecule has 1 amide bonds. The van der Waals surface area contributed by atoms with Crippen LogP contribution >= 0.6 is 23.2 Å². The first-order valence-corrected chi connectivity index (χ1v) is 6.83. The number of hydrogen-bond donors (Lipinski definition) is 0. The number of hydrogen-bond acceptors (Lipinski definition) is 2. The first-order valence-electron chi connectivity index (χ1n) is 6.07. The van der Waals surface area contributed by atoms with E-state index in [2.05, 4.69) is 0 Å². The van der Waals surface area contributed by atoms with Gasteiger partial charge in [0, 0.05) is 5.02 Å². The minimum Gasteiger partial charge on any atom is -0.299 e. The van der Waals surface area contributed by atoms with Gasteiger partial charge in [0.2, 0.25) is 0 Å². The van der Waals surface area contributed by atoms with Gasteiger partial charge in [-0.2, -0.15) is 0 Å². The van der Waals surface area contributed by atoms with Crippen molar-refractivity contribution in [3.05, 3.63) is 63.4 Å². The van der Waals surface area contributed by atoms with Crippen LogP contribution in [-0.2, 0) is 11.3 Å². The van der Waals surface area contributed by atoms with Gasteiger partial charge in [-0.3, -0.25) is 14.5 Å². The number of Topliss-reactive ketones (excluding diaryl/α,β-unsaturated/α-hetero) is 1. The maximum absolute atomic E-state index is 13.3. The highest BCUT2D eigenvalue weighted by Crippen LogP contribution is 2.37. The maximum atomic E-state index is 13.3. The number of fused-ring (bicyclic) bond motifs is 1. The molecule has 0 N–H and O–H groups in total. The fraction of sp³-hybridized carbons (Fsp3) is 0.0667. The molecule has 0 radical (unpaired) electrons. The molecule has 1 heterocycles. The Kier molecular flexibility index (Phi) is 3.43. The second kappa shape index (κ2) is 5.13. The van der Waals surface area contributed by atoms with E-state index in [1.165, 1.54) is 29.2 Å². The van der Waals surface area contributed by atoms with Crippen molar-refractivity contribution in [1.29, 1.82) is 0 Å². The molecule has 0 fully saturated rings. The maximum Gasteiger partial charge on any atom is 0.299 e. The largest absolute Gasteiger partial charge is 0.299 e. The summed E-state index contributed by atoms with van der Waals surface area (Å²) in [4.78, 5) is 25.3. The van der Waals surface area contributed by atoms with Crippen molar-refractivity contribution in [3.8, 4) is 0 Å². The number of nitrogens with zero attached hydrogens (tertiary/aromatic N) is 1. The average molecular weight is 324 g/mol. The van der Waals surface area contributed by atoms with E-state index in [9.17, 15) is 14.0 Å². The lowest BCUT2D eigenvalue weighted by atomic mass is 10.1. The minimum atomic E-state index is -0.696. The van der Waals surface area contributed by atoms with Crippen LogP contribution < -0.4 is 4.90 Å². The summed E-state index contributed by atoms with van der Waals surface area (Å²) >= 11 is 12.1. The Bertz CT molecular complexity index is 776. The molecule has 3 rings (SSSR count). The summed E-state index contributed by atoms with van der Waals surface area (Å²) in [5.74, 6) is -1.79. The third kappa shape index (κ3) is 2.30. The number of benzene rings is 2. The first kappa shape index (κ1) is 14.0. The van der Waals surface area contributed by atoms with Crippen molar-refractivity contribution in [2.45, 2.75) is 6.54 Å². The Morgan fingerprint density at radius 3 is 2.57 bits per heavy atom. The van der Waals surface area contributed by atoms with E-state index in [0.29, 0.717) is 21.3 Å². The molecule has 0 aliphatic carbocycles. The van der Waals surface area contributed by atoms with Crippen LogP contribution in [0.15, 0.2) is 36.4 Å². The predicted molar refractivity (Wildman–Crippen MR) is 78.4 cm³/mol. The molecule has 21 heavy (non-hydrogen) atoms. The zero-order chi connectivity index (χ0) is 15.1. The molecular weight excluding hydrogens is 316 g/mol. The van der Waals surface area contributed by atoms with Crippen molar-refractivity contribution in [3.63, 3.8) is 0 Å². The molecule has 0 saturated carbocycles. The number of amides is 1. The lowest BCUT2D eigenvalue weighted by Crippen LogP contribution is -2.29. The highest BCUT2D eigenvalue weighted by Gasteiger charge is 2.37. The van der Waals surface area contributed by atoms with Gasteiger partial charge >= 0.3 is 0 Å². The van der Waals surface area contributed by atoms with Crippen LogP contribution in [0, 0.1) is 5.82 Å². The summed E-state index contributed by atoms with van der Waals surface area (Å²) in [7, 11) is 0. The summed E-state index contributed by atoms with van der Waals surface area (Å²) in [5.41, 5.74) is 1.00. The van der Waals surface area contributed by atoms with Gasteiger partial charge in [0.25, 0.3) is 11.7 Å². The van der Waals surface area contributed by atoms with Crippen molar-refractivity contribution in [2.75, 3.05) is 4.90 Å². The fourth-order valence-electron chi connectivity index (χ4n) is 2.30. The van der Waals surface area contributed by atoms with Crippen LogP contribution in [0.4, 0.5) is 10.1 Å².